The number of benzene rings is 6. The summed E-state index contributed by atoms with van der Waals surface area (Å²) in [6, 6.07) is 51.1. The van der Waals surface area contributed by atoms with Crippen LogP contribution in [-0.4, -0.2) is 15.0 Å². The first-order chi connectivity index (χ1) is 22.8. The SMILES string of the molecule is c1ccc(-c2ccccc2-c2nc(-c3ccc(-c4cc5ccccc5o4)cc3)nc(-c3ccc4c(c3)oc3ccccc34)n2)cc1. The van der Waals surface area contributed by atoms with Gasteiger partial charge in [0.1, 0.15) is 22.5 Å². The van der Waals surface area contributed by atoms with Gasteiger partial charge < -0.3 is 8.83 Å². The fraction of sp³-hybridized carbons (Fsp3) is 0. The Hall–Kier alpha value is -6.33. The van der Waals surface area contributed by atoms with Crippen molar-refractivity contribution in [2.45, 2.75) is 0 Å². The van der Waals surface area contributed by atoms with Gasteiger partial charge in [-0.1, -0.05) is 121 Å². The Balaban J connectivity index is 1.20. The molecule has 0 fully saturated rings. The molecule has 3 aromatic heterocycles. The molecule has 6 aromatic carbocycles. The molecule has 0 saturated carbocycles. The molecule has 5 nitrogen and oxygen atoms in total. The van der Waals surface area contributed by atoms with Gasteiger partial charge in [-0.2, -0.15) is 0 Å². The second kappa shape index (κ2) is 10.7. The summed E-state index contributed by atoms with van der Waals surface area (Å²) in [5.74, 6) is 2.58. The number of hydrogen-bond acceptors (Lipinski definition) is 5. The largest absolute Gasteiger partial charge is 0.456 e. The van der Waals surface area contributed by atoms with Crippen LogP contribution in [0.4, 0.5) is 0 Å². The molecule has 46 heavy (non-hydrogen) atoms. The number of fused-ring (bicyclic) bond motifs is 4. The van der Waals surface area contributed by atoms with E-state index >= 15 is 0 Å². The average Bonchev–Trinajstić information content (AvgIpc) is 3.73. The van der Waals surface area contributed by atoms with Crippen LogP contribution in [-0.2, 0) is 0 Å². The van der Waals surface area contributed by atoms with Crippen LogP contribution < -0.4 is 0 Å². The lowest BCUT2D eigenvalue weighted by Gasteiger charge is -2.12. The maximum atomic E-state index is 6.22. The van der Waals surface area contributed by atoms with E-state index in [1.807, 2.05) is 84.9 Å². The zero-order valence-corrected chi connectivity index (χ0v) is 24.6. The predicted octanol–water partition coefficient (Wildman–Crippen LogP) is 10.9. The molecule has 0 atom stereocenters. The molecular formula is C41H25N3O2. The molecule has 0 N–H and O–H groups in total. The highest BCUT2D eigenvalue weighted by atomic mass is 16.3. The summed E-state index contributed by atoms with van der Waals surface area (Å²) in [6.45, 7) is 0. The molecule has 9 rings (SSSR count). The van der Waals surface area contributed by atoms with E-state index in [4.69, 9.17) is 23.8 Å². The zero-order valence-electron chi connectivity index (χ0n) is 24.6. The van der Waals surface area contributed by atoms with Crippen LogP contribution in [0.3, 0.4) is 0 Å². The van der Waals surface area contributed by atoms with Crippen molar-refractivity contribution in [1.29, 1.82) is 0 Å². The average molecular weight is 592 g/mol. The maximum Gasteiger partial charge on any atom is 0.164 e. The quantitative estimate of drug-likeness (QED) is 0.199. The van der Waals surface area contributed by atoms with E-state index < -0.39 is 0 Å². The third-order valence-electron chi connectivity index (χ3n) is 8.38. The highest BCUT2D eigenvalue weighted by Crippen LogP contribution is 2.35. The third kappa shape index (κ3) is 4.54. The minimum atomic E-state index is 0.576. The van der Waals surface area contributed by atoms with E-state index in [0.717, 1.165) is 72.0 Å². The summed E-state index contributed by atoms with van der Waals surface area (Å²) >= 11 is 0. The van der Waals surface area contributed by atoms with Crippen molar-refractivity contribution in [3.8, 4) is 56.6 Å². The van der Waals surface area contributed by atoms with E-state index in [0.29, 0.717) is 17.5 Å². The Morgan fingerprint density at radius 3 is 1.78 bits per heavy atom. The van der Waals surface area contributed by atoms with Crippen molar-refractivity contribution in [1.82, 2.24) is 15.0 Å². The summed E-state index contributed by atoms with van der Waals surface area (Å²) in [5.41, 5.74) is 8.32. The topological polar surface area (TPSA) is 65.0 Å². The highest BCUT2D eigenvalue weighted by Gasteiger charge is 2.17. The van der Waals surface area contributed by atoms with Crippen LogP contribution in [0.1, 0.15) is 0 Å². The second-order valence-corrected chi connectivity index (χ2v) is 11.3. The smallest absolute Gasteiger partial charge is 0.164 e. The first-order valence-corrected chi connectivity index (χ1v) is 15.2. The van der Waals surface area contributed by atoms with Crippen molar-refractivity contribution < 1.29 is 8.83 Å². The monoisotopic (exact) mass is 591 g/mol. The van der Waals surface area contributed by atoms with Gasteiger partial charge in [0, 0.05) is 38.4 Å². The van der Waals surface area contributed by atoms with Crippen LogP contribution >= 0.6 is 0 Å². The molecule has 0 spiro atoms. The van der Waals surface area contributed by atoms with E-state index in [9.17, 15) is 0 Å². The minimum absolute atomic E-state index is 0.576. The first-order valence-electron chi connectivity index (χ1n) is 15.2. The summed E-state index contributed by atoms with van der Waals surface area (Å²) in [5, 5.41) is 3.22. The van der Waals surface area contributed by atoms with Gasteiger partial charge in [0.25, 0.3) is 0 Å². The Morgan fingerprint density at radius 2 is 0.957 bits per heavy atom. The molecule has 0 aliphatic heterocycles. The van der Waals surface area contributed by atoms with Crippen LogP contribution in [0.5, 0.6) is 0 Å². The maximum absolute atomic E-state index is 6.22. The number of rotatable bonds is 5. The Bertz CT molecular complexity index is 2500. The molecule has 0 aliphatic carbocycles. The number of para-hydroxylation sites is 2. The van der Waals surface area contributed by atoms with Crippen molar-refractivity contribution in [3.63, 3.8) is 0 Å². The van der Waals surface area contributed by atoms with Gasteiger partial charge in [-0.3, -0.25) is 0 Å². The van der Waals surface area contributed by atoms with Crippen molar-refractivity contribution in [2.75, 3.05) is 0 Å². The fourth-order valence-corrected chi connectivity index (χ4v) is 6.07. The third-order valence-corrected chi connectivity index (χ3v) is 8.38. The molecule has 3 heterocycles. The number of aromatic nitrogens is 3. The molecule has 216 valence electrons. The van der Waals surface area contributed by atoms with Gasteiger partial charge in [-0.25, -0.2) is 15.0 Å². The standard InChI is InChI=1S/C41H25N3O2/c1-2-10-26(11-3-1)31-13-5-6-15-34(31)41-43-39(28-20-18-27(19-21-28)37-24-29-12-4-8-16-35(29)45-37)42-40(44-41)30-22-23-33-32-14-7-9-17-36(32)46-38(33)25-30/h1-25H. The molecule has 0 unspecified atom stereocenters. The van der Waals surface area contributed by atoms with Gasteiger partial charge in [0.15, 0.2) is 17.5 Å². The van der Waals surface area contributed by atoms with E-state index in [1.165, 1.54) is 0 Å². The molecule has 9 aromatic rings. The Kier molecular flexibility index (Phi) is 6.06. The number of furan rings is 2. The predicted molar refractivity (Wildman–Crippen MR) is 184 cm³/mol. The van der Waals surface area contributed by atoms with Gasteiger partial charge in [0.2, 0.25) is 0 Å². The highest BCUT2D eigenvalue weighted by molar-refractivity contribution is 6.05. The first kappa shape index (κ1) is 26.1. The molecule has 0 aliphatic rings. The summed E-state index contributed by atoms with van der Waals surface area (Å²) < 4.78 is 12.3. The van der Waals surface area contributed by atoms with Gasteiger partial charge in [0.05, 0.1) is 0 Å². The normalized spacial score (nSPS) is 11.5. The summed E-state index contributed by atoms with van der Waals surface area (Å²) in [7, 11) is 0. The lowest BCUT2D eigenvalue weighted by Crippen LogP contribution is -2.01. The van der Waals surface area contributed by atoms with Crippen LogP contribution in [0, 0.1) is 0 Å². The second-order valence-electron chi connectivity index (χ2n) is 11.3. The van der Waals surface area contributed by atoms with Crippen molar-refractivity contribution >= 4 is 32.9 Å². The molecule has 0 bridgehead atoms. The summed E-state index contributed by atoms with van der Waals surface area (Å²) in [6.07, 6.45) is 0. The van der Waals surface area contributed by atoms with Crippen LogP contribution in [0.2, 0.25) is 0 Å². The molecule has 0 saturated heterocycles. The summed E-state index contributed by atoms with van der Waals surface area (Å²) in [4.78, 5) is 15.1. The van der Waals surface area contributed by atoms with Gasteiger partial charge in [-0.15, -0.1) is 0 Å². The molecule has 0 amide bonds. The Morgan fingerprint density at radius 1 is 0.348 bits per heavy atom. The number of nitrogens with zero attached hydrogens (tertiary/aromatic N) is 3. The lowest BCUT2D eigenvalue weighted by molar-refractivity contribution is 0.631. The molecular weight excluding hydrogens is 566 g/mol. The van der Waals surface area contributed by atoms with E-state index in [1.54, 1.807) is 0 Å². The molecule has 0 radical (unpaired) electrons. The van der Waals surface area contributed by atoms with E-state index in [2.05, 4.69) is 66.7 Å². The zero-order chi connectivity index (χ0) is 30.5. The van der Waals surface area contributed by atoms with Crippen molar-refractivity contribution in [3.05, 3.63) is 152 Å². The number of hydrogen-bond donors (Lipinski definition) is 0. The molecule has 5 heteroatoms. The van der Waals surface area contributed by atoms with Gasteiger partial charge in [-0.05, 0) is 41.5 Å². The van der Waals surface area contributed by atoms with Crippen molar-refractivity contribution in [2.24, 2.45) is 0 Å². The Labute approximate surface area is 264 Å². The van der Waals surface area contributed by atoms with Crippen LogP contribution in [0.25, 0.3) is 89.5 Å². The van der Waals surface area contributed by atoms with E-state index in [-0.39, 0.29) is 0 Å². The minimum Gasteiger partial charge on any atom is -0.456 e. The van der Waals surface area contributed by atoms with Crippen LogP contribution in [0.15, 0.2) is 160 Å². The van der Waals surface area contributed by atoms with Gasteiger partial charge >= 0.3 is 0 Å². The fourth-order valence-electron chi connectivity index (χ4n) is 6.07. The lowest BCUT2D eigenvalue weighted by atomic mass is 9.99.